The number of benzene rings is 1. The fraction of sp³-hybridized carbons (Fsp3) is 0.571. The summed E-state index contributed by atoms with van der Waals surface area (Å²) in [6.45, 7) is 9.28. The summed E-state index contributed by atoms with van der Waals surface area (Å²) in [6, 6.07) is 2.48. The van der Waals surface area contributed by atoms with Gasteiger partial charge in [0.1, 0.15) is 11.6 Å². The van der Waals surface area contributed by atoms with Crippen molar-refractivity contribution in [3.05, 3.63) is 29.1 Å². The van der Waals surface area contributed by atoms with Gasteiger partial charge in [0.05, 0.1) is 17.1 Å². The Kier molecular flexibility index (Phi) is 3.61. The fourth-order valence-corrected chi connectivity index (χ4v) is 2.20. The molecule has 0 radical (unpaired) electrons. The lowest BCUT2D eigenvalue weighted by Gasteiger charge is -2.32. The zero-order valence-corrected chi connectivity index (χ0v) is 12.5. The van der Waals surface area contributed by atoms with Crippen LogP contribution in [0.3, 0.4) is 0 Å². The van der Waals surface area contributed by atoms with Crippen molar-refractivity contribution in [2.45, 2.75) is 51.8 Å². The van der Waals surface area contributed by atoms with Crippen LogP contribution in [-0.4, -0.2) is 23.4 Å². The van der Waals surface area contributed by atoms with Crippen LogP contribution in [0.15, 0.2) is 12.1 Å². The van der Waals surface area contributed by atoms with Crippen LogP contribution in [0.2, 0.25) is 0 Å². The highest BCUT2D eigenvalue weighted by Gasteiger charge is 2.53. The Morgan fingerprint density at radius 3 is 2.20 bits per heavy atom. The van der Waals surface area contributed by atoms with Crippen LogP contribution >= 0.6 is 0 Å². The molecule has 110 valence electrons. The maximum Gasteiger partial charge on any atom is 0.480 e. The Morgan fingerprint density at radius 2 is 1.70 bits per heavy atom. The Labute approximate surface area is 119 Å². The number of halogens is 1. The first-order valence-corrected chi connectivity index (χ1v) is 6.65. The molecule has 1 aliphatic heterocycles. The van der Waals surface area contributed by atoms with Gasteiger partial charge < -0.3 is 20.1 Å². The molecule has 1 fully saturated rings. The van der Waals surface area contributed by atoms with Crippen LogP contribution in [0.25, 0.3) is 0 Å². The van der Waals surface area contributed by atoms with Gasteiger partial charge in [0.2, 0.25) is 0 Å². The van der Waals surface area contributed by atoms with E-state index in [0.29, 0.717) is 11.1 Å². The summed E-state index contributed by atoms with van der Waals surface area (Å²) < 4.78 is 25.2. The lowest BCUT2D eigenvalue weighted by molar-refractivity contribution is 0.00578. The first-order chi connectivity index (χ1) is 9.05. The number of nitrogens with two attached hydrogens (primary N) is 1. The van der Waals surface area contributed by atoms with Crippen LogP contribution in [-0.2, 0) is 9.31 Å². The lowest BCUT2D eigenvalue weighted by Crippen LogP contribution is -2.41. The third kappa shape index (κ3) is 2.43. The largest absolute Gasteiger partial charge is 0.507 e. The Morgan fingerprint density at radius 1 is 1.20 bits per heavy atom. The van der Waals surface area contributed by atoms with Crippen molar-refractivity contribution in [3.8, 4) is 5.75 Å². The highest BCUT2D eigenvalue weighted by Crippen LogP contribution is 2.41. The van der Waals surface area contributed by atoms with Crippen LogP contribution in [0.4, 0.5) is 4.39 Å². The Balaban J connectivity index is 2.32. The molecule has 1 saturated heterocycles. The molecule has 0 amide bonds. The minimum absolute atomic E-state index is 0.0198. The molecule has 1 heterocycles. The summed E-state index contributed by atoms with van der Waals surface area (Å²) in [5.74, 6) is -1.22. The minimum atomic E-state index is -0.759. The molecular formula is C14H21BFNO3. The minimum Gasteiger partial charge on any atom is -0.507 e. The van der Waals surface area contributed by atoms with Gasteiger partial charge in [-0.2, -0.15) is 0 Å². The molecule has 1 aromatic rings. The number of aromatic hydroxyl groups is 1. The molecule has 0 aliphatic carbocycles. The van der Waals surface area contributed by atoms with E-state index in [1.165, 1.54) is 12.1 Å². The van der Waals surface area contributed by atoms with Crippen LogP contribution in [0.1, 0.15) is 44.8 Å². The summed E-state index contributed by atoms with van der Waals surface area (Å²) in [4.78, 5) is 0. The van der Waals surface area contributed by atoms with E-state index in [1.54, 1.807) is 6.92 Å². The molecule has 1 aliphatic rings. The summed E-state index contributed by atoms with van der Waals surface area (Å²) in [6.07, 6.45) is 0. The number of phenolic OH excluding ortho intramolecular Hbond substituents is 1. The van der Waals surface area contributed by atoms with Gasteiger partial charge in [-0.15, -0.1) is 0 Å². The summed E-state index contributed by atoms with van der Waals surface area (Å²) >= 11 is 0. The van der Waals surface area contributed by atoms with Crippen LogP contribution in [0.5, 0.6) is 5.75 Å². The number of hydrogen-bond donors (Lipinski definition) is 2. The molecular weight excluding hydrogens is 260 g/mol. The second-order valence-electron chi connectivity index (χ2n) is 6.31. The van der Waals surface area contributed by atoms with Gasteiger partial charge >= 0.3 is 7.12 Å². The van der Waals surface area contributed by atoms with Gasteiger partial charge in [0.15, 0.2) is 0 Å². The molecule has 0 aromatic heterocycles. The van der Waals surface area contributed by atoms with Crippen molar-refractivity contribution >= 4 is 7.12 Å². The zero-order valence-electron chi connectivity index (χ0n) is 12.5. The van der Waals surface area contributed by atoms with Crippen LogP contribution in [0, 0.1) is 12.7 Å². The smallest absolute Gasteiger partial charge is 0.480 e. The predicted octanol–water partition coefficient (Wildman–Crippen LogP) is 2.47. The maximum atomic E-state index is 13.5. The van der Waals surface area contributed by atoms with E-state index < -0.39 is 30.1 Å². The van der Waals surface area contributed by atoms with Crippen molar-refractivity contribution in [2.24, 2.45) is 5.73 Å². The summed E-state index contributed by atoms with van der Waals surface area (Å²) in [7, 11) is -0.730. The van der Waals surface area contributed by atoms with Gasteiger partial charge in [-0.3, -0.25) is 0 Å². The lowest BCUT2D eigenvalue weighted by atomic mass is 9.74. The number of phenols is 1. The first kappa shape index (κ1) is 15.3. The number of aryl methyl sites for hydroxylation is 1. The highest BCUT2D eigenvalue weighted by atomic mass is 19.1. The van der Waals surface area contributed by atoms with E-state index in [4.69, 9.17) is 15.0 Å². The van der Waals surface area contributed by atoms with Gasteiger partial charge in [0.25, 0.3) is 0 Å². The quantitative estimate of drug-likeness (QED) is 0.817. The number of rotatable bonds is 2. The van der Waals surface area contributed by atoms with Crippen molar-refractivity contribution in [1.82, 2.24) is 0 Å². The van der Waals surface area contributed by atoms with Gasteiger partial charge in [-0.05, 0) is 52.3 Å². The van der Waals surface area contributed by atoms with Crippen LogP contribution < -0.4 is 5.73 Å². The second-order valence-corrected chi connectivity index (χ2v) is 6.31. The van der Waals surface area contributed by atoms with Crippen molar-refractivity contribution in [3.63, 3.8) is 0 Å². The van der Waals surface area contributed by atoms with E-state index in [9.17, 15) is 9.50 Å². The average molecular weight is 281 g/mol. The monoisotopic (exact) mass is 281 g/mol. The van der Waals surface area contributed by atoms with Crippen molar-refractivity contribution in [2.75, 3.05) is 0 Å². The fourth-order valence-electron chi connectivity index (χ4n) is 2.20. The normalized spacial score (nSPS) is 22.1. The SMILES string of the molecule is Cc1cc(F)cc([C@@H](N)B2OC(C)(C)C(C)(C)O2)c1O. The third-order valence-electron chi connectivity index (χ3n) is 4.22. The molecule has 20 heavy (non-hydrogen) atoms. The maximum absolute atomic E-state index is 13.5. The molecule has 0 unspecified atom stereocenters. The number of hydrogen-bond acceptors (Lipinski definition) is 4. The third-order valence-corrected chi connectivity index (χ3v) is 4.22. The molecule has 4 nitrogen and oxygen atoms in total. The first-order valence-electron chi connectivity index (χ1n) is 6.65. The summed E-state index contributed by atoms with van der Waals surface area (Å²) in [5, 5.41) is 10.1. The molecule has 1 aromatic carbocycles. The summed E-state index contributed by atoms with van der Waals surface area (Å²) in [5.41, 5.74) is 5.79. The van der Waals surface area contributed by atoms with E-state index >= 15 is 0 Å². The highest BCUT2D eigenvalue weighted by molar-refractivity contribution is 6.47. The second kappa shape index (κ2) is 4.72. The molecule has 1 atom stereocenters. The van der Waals surface area contributed by atoms with E-state index in [2.05, 4.69) is 0 Å². The van der Waals surface area contributed by atoms with E-state index in [-0.39, 0.29) is 5.75 Å². The Bertz CT molecular complexity index is 517. The molecule has 3 N–H and O–H groups in total. The van der Waals surface area contributed by atoms with Crippen molar-refractivity contribution in [1.29, 1.82) is 0 Å². The van der Waals surface area contributed by atoms with E-state index in [1.807, 2.05) is 27.7 Å². The van der Waals surface area contributed by atoms with Gasteiger partial charge in [0, 0.05) is 5.56 Å². The Hall–Kier alpha value is -1.11. The molecule has 0 bridgehead atoms. The molecule has 0 spiro atoms. The zero-order chi connectivity index (χ0) is 15.3. The molecule has 6 heteroatoms. The predicted molar refractivity (Wildman–Crippen MR) is 75.8 cm³/mol. The van der Waals surface area contributed by atoms with Gasteiger partial charge in [-0.1, -0.05) is 0 Å². The molecule has 2 rings (SSSR count). The van der Waals surface area contributed by atoms with E-state index in [0.717, 1.165) is 0 Å². The molecule has 0 saturated carbocycles. The average Bonchev–Trinajstić information content (AvgIpc) is 2.52. The topological polar surface area (TPSA) is 64.7 Å². The van der Waals surface area contributed by atoms with Crippen molar-refractivity contribution < 1.29 is 18.8 Å². The van der Waals surface area contributed by atoms with Gasteiger partial charge in [-0.25, -0.2) is 4.39 Å². The standard InChI is InChI=1S/C14H21BFNO3/c1-8-6-9(16)7-10(11(8)18)12(17)15-19-13(2,3)14(4,5)20-15/h6-7,12,18H,17H2,1-5H3/t12-/m1/s1.